The van der Waals surface area contributed by atoms with E-state index in [1.165, 1.54) is 11.8 Å². The Morgan fingerprint density at radius 2 is 2.00 bits per heavy atom. The lowest BCUT2D eigenvalue weighted by molar-refractivity contribution is 0.304. The summed E-state index contributed by atoms with van der Waals surface area (Å²) in [6.07, 6.45) is 1.37. The van der Waals surface area contributed by atoms with Gasteiger partial charge in [0.1, 0.15) is 12.4 Å². The fourth-order valence-electron chi connectivity index (χ4n) is 1.74. The number of nitrogens with zero attached hydrogens (tertiary/aromatic N) is 1. The Hall–Kier alpha value is -2.29. The molecule has 0 fully saturated rings. The van der Waals surface area contributed by atoms with Crippen LogP contribution in [0.4, 0.5) is 0 Å². The summed E-state index contributed by atoms with van der Waals surface area (Å²) < 4.78 is 5.73. The lowest BCUT2D eigenvalue weighted by Crippen LogP contribution is -1.98. The molecule has 0 atom stereocenters. The Morgan fingerprint density at radius 1 is 1.17 bits per heavy atom. The molecule has 3 heteroatoms. The van der Waals surface area contributed by atoms with Gasteiger partial charge in [-0.25, -0.2) is 0 Å². The van der Waals surface area contributed by atoms with Crippen LogP contribution in [-0.4, -0.2) is 11.4 Å². The maximum absolute atomic E-state index is 8.58. The third-order valence-corrected chi connectivity index (χ3v) is 2.59. The van der Waals surface area contributed by atoms with E-state index in [4.69, 9.17) is 9.94 Å². The first-order valence-corrected chi connectivity index (χ1v) is 5.74. The fraction of sp³-hybridized carbons (Fsp3) is 0.133. The number of rotatable bonds is 4. The molecule has 0 saturated carbocycles. The Kier molecular flexibility index (Phi) is 3.97. The second-order valence-corrected chi connectivity index (χ2v) is 4.06. The molecule has 0 amide bonds. The van der Waals surface area contributed by atoms with E-state index in [9.17, 15) is 0 Å². The van der Waals surface area contributed by atoms with Gasteiger partial charge >= 0.3 is 0 Å². The molecular weight excluding hydrogens is 226 g/mol. The molecule has 92 valence electrons. The summed E-state index contributed by atoms with van der Waals surface area (Å²) in [6.45, 7) is 2.55. The number of aryl methyl sites for hydroxylation is 1. The van der Waals surface area contributed by atoms with Crippen molar-refractivity contribution in [1.82, 2.24) is 0 Å². The SMILES string of the molecule is Cc1cccc(COc2ccccc2/C=N/O)c1. The molecule has 0 aliphatic rings. The van der Waals surface area contributed by atoms with Crippen LogP contribution in [0.25, 0.3) is 0 Å². The van der Waals surface area contributed by atoms with Crippen LogP contribution >= 0.6 is 0 Å². The smallest absolute Gasteiger partial charge is 0.128 e. The van der Waals surface area contributed by atoms with Crippen molar-refractivity contribution < 1.29 is 9.94 Å². The van der Waals surface area contributed by atoms with E-state index in [-0.39, 0.29) is 0 Å². The number of oxime groups is 1. The average Bonchev–Trinajstić information content (AvgIpc) is 2.38. The van der Waals surface area contributed by atoms with E-state index < -0.39 is 0 Å². The molecule has 3 nitrogen and oxygen atoms in total. The maximum Gasteiger partial charge on any atom is 0.128 e. The van der Waals surface area contributed by atoms with Gasteiger partial charge in [0.15, 0.2) is 0 Å². The monoisotopic (exact) mass is 241 g/mol. The van der Waals surface area contributed by atoms with E-state index in [1.54, 1.807) is 0 Å². The van der Waals surface area contributed by atoms with Crippen molar-refractivity contribution in [2.45, 2.75) is 13.5 Å². The third-order valence-electron chi connectivity index (χ3n) is 2.59. The second-order valence-electron chi connectivity index (χ2n) is 4.06. The molecule has 0 heterocycles. The van der Waals surface area contributed by atoms with Crippen LogP contribution in [0.3, 0.4) is 0 Å². The van der Waals surface area contributed by atoms with Gasteiger partial charge in [-0.1, -0.05) is 47.1 Å². The zero-order valence-corrected chi connectivity index (χ0v) is 10.2. The molecule has 2 rings (SSSR count). The second kappa shape index (κ2) is 5.87. The zero-order valence-electron chi connectivity index (χ0n) is 10.2. The molecule has 18 heavy (non-hydrogen) atoms. The molecule has 0 aliphatic carbocycles. The number of para-hydroxylation sites is 1. The van der Waals surface area contributed by atoms with Crippen LogP contribution in [0.5, 0.6) is 5.75 Å². The Labute approximate surface area is 106 Å². The van der Waals surface area contributed by atoms with Gasteiger partial charge < -0.3 is 9.94 Å². The van der Waals surface area contributed by atoms with Gasteiger partial charge in [0.05, 0.1) is 6.21 Å². The quantitative estimate of drug-likeness (QED) is 0.506. The van der Waals surface area contributed by atoms with E-state index in [1.807, 2.05) is 36.4 Å². The van der Waals surface area contributed by atoms with Crippen molar-refractivity contribution in [2.75, 3.05) is 0 Å². The summed E-state index contributed by atoms with van der Waals surface area (Å²) in [5.74, 6) is 0.705. The highest BCUT2D eigenvalue weighted by atomic mass is 16.5. The summed E-state index contributed by atoms with van der Waals surface area (Å²) in [6, 6.07) is 15.6. The number of ether oxygens (including phenoxy) is 1. The summed E-state index contributed by atoms with van der Waals surface area (Å²) in [7, 11) is 0. The Morgan fingerprint density at radius 3 is 2.78 bits per heavy atom. The van der Waals surface area contributed by atoms with Crippen LogP contribution in [-0.2, 0) is 6.61 Å². The highest BCUT2D eigenvalue weighted by Crippen LogP contribution is 2.17. The average molecular weight is 241 g/mol. The largest absolute Gasteiger partial charge is 0.488 e. The van der Waals surface area contributed by atoms with Crippen LogP contribution in [0.15, 0.2) is 53.7 Å². The van der Waals surface area contributed by atoms with Crippen molar-refractivity contribution in [3.05, 3.63) is 65.2 Å². The van der Waals surface area contributed by atoms with Crippen LogP contribution in [0.1, 0.15) is 16.7 Å². The predicted molar refractivity (Wildman–Crippen MR) is 71.3 cm³/mol. The van der Waals surface area contributed by atoms with Crippen molar-refractivity contribution in [3.63, 3.8) is 0 Å². The van der Waals surface area contributed by atoms with E-state index in [0.29, 0.717) is 12.4 Å². The first kappa shape index (κ1) is 12.2. The van der Waals surface area contributed by atoms with E-state index in [0.717, 1.165) is 11.1 Å². The molecule has 0 saturated heterocycles. The summed E-state index contributed by atoms with van der Waals surface area (Å²) >= 11 is 0. The highest BCUT2D eigenvalue weighted by molar-refractivity contribution is 5.82. The topological polar surface area (TPSA) is 41.8 Å². The number of hydrogen-bond acceptors (Lipinski definition) is 3. The molecule has 0 spiro atoms. The van der Waals surface area contributed by atoms with Crippen molar-refractivity contribution in [1.29, 1.82) is 0 Å². The van der Waals surface area contributed by atoms with Gasteiger partial charge in [-0.3, -0.25) is 0 Å². The third kappa shape index (κ3) is 3.10. The molecule has 2 aromatic carbocycles. The predicted octanol–water partition coefficient (Wildman–Crippen LogP) is 3.38. The van der Waals surface area contributed by atoms with Gasteiger partial charge in [0, 0.05) is 5.56 Å². The molecule has 0 aromatic heterocycles. The lowest BCUT2D eigenvalue weighted by Gasteiger charge is -2.09. The lowest BCUT2D eigenvalue weighted by atomic mass is 10.1. The molecule has 0 bridgehead atoms. The normalized spacial score (nSPS) is 10.7. The molecular formula is C15H15NO2. The fourth-order valence-corrected chi connectivity index (χ4v) is 1.74. The highest BCUT2D eigenvalue weighted by Gasteiger charge is 2.01. The van der Waals surface area contributed by atoms with Crippen LogP contribution < -0.4 is 4.74 Å². The molecule has 0 unspecified atom stereocenters. The van der Waals surface area contributed by atoms with Crippen molar-refractivity contribution in [2.24, 2.45) is 5.16 Å². The van der Waals surface area contributed by atoms with E-state index in [2.05, 4.69) is 24.2 Å². The maximum atomic E-state index is 8.58. The number of benzene rings is 2. The van der Waals surface area contributed by atoms with Crippen molar-refractivity contribution >= 4 is 6.21 Å². The van der Waals surface area contributed by atoms with Crippen LogP contribution in [0.2, 0.25) is 0 Å². The van der Waals surface area contributed by atoms with Gasteiger partial charge in [0.2, 0.25) is 0 Å². The Balaban J connectivity index is 2.10. The van der Waals surface area contributed by atoms with Gasteiger partial charge in [-0.2, -0.15) is 0 Å². The Bertz CT molecular complexity index is 550. The minimum Gasteiger partial charge on any atom is -0.488 e. The molecule has 0 radical (unpaired) electrons. The molecule has 0 aliphatic heterocycles. The minimum absolute atomic E-state index is 0.498. The molecule has 2 aromatic rings. The zero-order chi connectivity index (χ0) is 12.8. The summed E-state index contributed by atoms with van der Waals surface area (Å²) in [5, 5.41) is 11.6. The van der Waals surface area contributed by atoms with Crippen LogP contribution in [0, 0.1) is 6.92 Å². The first-order chi connectivity index (χ1) is 8.79. The minimum atomic E-state index is 0.498. The first-order valence-electron chi connectivity index (χ1n) is 5.74. The summed E-state index contributed by atoms with van der Waals surface area (Å²) in [4.78, 5) is 0. The standard InChI is InChI=1S/C15H15NO2/c1-12-5-4-6-13(9-12)11-18-15-8-3-2-7-14(15)10-16-17/h2-10,17H,11H2,1H3/b16-10+. The molecule has 1 N–H and O–H groups in total. The summed E-state index contributed by atoms with van der Waals surface area (Å²) in [5.41, 5.74) is 3.08. The van der Waals surface area contributed by atoms with Gasteiger partial charge in [-0.05, 0) is 24.6 Å². The van der Waals surface area contributed by atoms with Gasteiger partial charge in [-0.15, -0.1) is 0 Å². The van der Waals surface area contributed by atoms with Gasteiger partial charge in [0.25, 0.3) is 0 Å². The van der Waals surface area contributed by atoms with E-state index >= 15 is 0 Å². The van der Waals surface area contributed by atoms with Crippen molar-refractivity contribution in [3.8, 4) is 5.75 Å². The number of hydrogen-bond donors (Lipinski definition) is 1.